The summed E-state index contributed by atoms with van der Waals surface area (Å²) in [5, 5.41) is 13.6. The summed E-state index contributed by atoms with van der Waals surface area (Å²) in [5.41, 5.74) is 4.37. The van der Waals surface area contributed by atoms with Crippen molar-refractivity contribution in [2.24, 2.45) is 0 Å². The molecule has 114 valence electrons. The first-order chi connectivity index (χ1) is 10.6. The highest BCUT2D eigenvalue weighted by molar-refractivity contribution is 6.00. The molecule has 0 aliphatic carbocycles. The van der Waals surface area contributed by atoms with E-state index in [-0.39, 0.29) is 5.91 Å². The second-order valence-electron chi connectivity index (χ2n) is 5.47. The van der Waals surface area contributed by atoms with Crippen LogP contribution in [-0.2, 0) is 17.6 Å². The first-order valence-electron chi connectivity index (χ1n) is 7.40. The molecule has 0 spiro atoms. The van der Waals surface area contributed by atoms with Crippen LogP contribution in [0.4, 0.5) is 5.69 Å². The van der Waals surface area contributed by atoms with Crippen LogP contribution in [0.2, 0.25) is 0 Å². The number of ether oxygens (including phenoxy) is 1. The molecule has 1 heterocycles. The maximum Gasteiger partial charge on any atom is 0.228 e. The number of benzene rings is 2. The predicted octanol–water partition coefficient (Wildman–Crippen LogP) is 2.83. The minimum Gasteiger partial charge on any atom is -0.497 e. The summed E-state index contributed by atoms with van der Waals surface area (Å²) in [6, 6.07) is 11.3. The Bertz CT molecular complexity index is 707. The Kier molecular flexibility index (Phi) is 3.86. The van der Waals surface area contributed by atoms with Crippen LogP contribution in [0.3, 0.4) is 0 Å². The average Bonchev–Trinajstić information content (AvgIpc) is 2.93. The highest BCUT2D eigenvalue weighted by Crippen LogP contribution is 2.36. The van der Waals surface area contributed by atoms with Crippen LogP contribution in [0, 0.1) is 0 Å². The molecule has 1 amide bonds. The molecule has 4 nitrogen and oxygen atoms in total. The number of nitrogens with one attached hydrogen (secondary N) is 1. The van der Waals surface area contributed by atoms with Gasteiger partial charge in [0, 0.05) is 5.56 Å². The van der Waals surface area contributed by atoms with Gasteiger partial charge in [-0.2, -0.15) is 0 Å². The highest BCUT2D eigenvalue weighted by atomic mass is 16.5. The number of fused-ring (bicyclic) bond motifs is 1. The molecular weight excluding hydrogens is 278 g/mol. The van der Waals surface area contributed by atoms with Gasteiger partial charge in [0.2, 0.25) is 5.91 Å². The highest BCUT2D eigenvalue weighted by Gasteiger charge is 2.25. The summed E-state index contributed by atoms with van der Waals surface area (Å²) in [4.78, 5) is 11.7. The van der Waals surface area contributed by atoms with E-state index in [4.69, 9.17) is 4.74 Å². The predicted molar refractivity (Wildman–Crippen MR) is 85.2 cm³/mol. The van der Waals surface area contributed by atoms with Crippen molar-refractivity contribution in [3.05, 3.63) is 58.7 Å². The second-order valence-corrected chi connectivity index (χ2v) is 5.47. The van der Waals surface area contributed by atoms with E-state index in [9.17, 15) is 9.90 Å². The molecule has 0 aromatic heterocycles. The number of methoxy groups -OCH3 is 1. The van der Waals surface area contributed by atoms with Gasteiger partial charge in [-0.25, -0.2) is 0 Å². The van der Waals surface area contributed by atoms with Crippen molar-refractivity contribution in [1.82, 2.24) is 0 Å². The third-order valence-corrected chi connectivity index (χ3v) is 4.06. The summed E-state index contributed by atoms with van der Waals surface area (Å²) >= 11 is 0. The summed E-state index contributed by atoms with van der Waals surface area (Å²) in [7, 11) is 1.61. The Morgan fingerprint density at radius 1 is 1.27 bits per heavy atom. The number of amides is 1. The van der Waals surface area contributed by atoms with E-state index in [0.717, 1.165) is 40.1 Å². The zero-order valence-corrected chi connectivity index (χ0v) is 12.7. The third-order valence-electron chi connectivity index (χ3n) is 4.06. The molecule has 0 bridgehead atoms. The van der Waals surface area contributed by atoms with Crippen LogP contribution >= 0.6 is 0 Å². The fraction of sp³-hybridized carbons (Fsp3) is 0.278. The smallest absolute Gasteiger partial charge is 0.228 e. The molecular formula is C18H19NO3. The largest absolute Gasteiger partial charge is 0.497 e. The van der Waals surface area contributed by atoms with Crippen molar-refractivity contribution < 1.29 is 14.6 Å². The van der Waals surface area contributed by atoms with E-state index in [2.05, 4.69) is 12.2 Å². The molecule has 0 saturated heterocycles. The van der Waals surface area contributed by atoms with E-state index in [1.165, 1.54) is 0 Å². The molecule has 0 saturated carbocycles. The number of anilines is 1. The van der Waals surface area contributed by atoms with Crippen molar-refractivity contribution in [3.63, 3.8) is 0 Å². The Morgan fingerprint density at radius 2 is 2.00 bits per heavy atom. The Balaban J connectivity index is 2.02. The first kappa shape index (κ1) is 14.6. The fourth-order valence-corrected chi connectivity index (χ4v) is 2.83. The van der Waals surface area contributed by atoms with Gasteiger partial charge in [-0.05, 0) is 35.2 Å². The van der Waals surface area contributed by atoms with Crippen LogP contribution in [0.1, 0.15) is 35.3 Å². The quantitative estimate of drug-likeness (QED) is 0.912. The molecule has 22 heavy (non-hydrogen) atoms. The van der Waals surface area contributed by atoms with Gasteiger partial charge in [-0.15, -0.1) is 0 Å². The van der Waals surface area contributed by atoms with Crippen molar-refractivity contribution in [2.75, 3.05) is 12.4 Å². The minimum atomic E-state index is -0.774. The average molecular weight is 297 g/mol. The molecule has 1 aliphatic heterocycles. The van der Waals surface area contributed by atoms with E-state index in [1.54, 1.807) is 7.11 Å². The van der Waals surface area contributed by atoms with Gasteiger partial charge in [0.25, 0.3) is 0 Å². The number of hydrogen-bond donors (Lipinski definition) is 2. The lowest BCUT2D eigenvalue weighted by Gasteiger charge is -2.17. The van der Waals surface area contributed by atoms with Crippen molar-refractivity contribution >= 4 is 11.6 Å². The van der Waals surface area contributed by atoms with Crippen LogP contribution in [-0.4, -0.2) is 18.1 Å². The molecule has 2 aromatic rings. The monoisotopic (exact) mass is 297 g/mol. The zero-order chi connectivity index (χ0) is 15.7. The van der Waals surface area contributed by atoms with E-state index in [1.807, 2.05) is 36.4 Å². The Labute approximate surface area is 129 Å². The van der Waals surface area contributed by atoms with Gasteiger partial charge in [0.1, 0.15) is 11.9 Å². The Hall–Kier alpha value is -2.33. The molecule has 1 unspecified atom stereocenters. The number of aliphatic hydroxyl groups is 1. The molecule has 0 fully saturated rings. The van der Waals surface area contributed by atoms with Gasteiger partial charge >= 0.3 is 0 Å². The van der Waals surface area contributed by atoms with Gasteiger partial charge in [-0.3, -0.25) is 4.79 Å². The van der Waals surface area contributed by atoms with Gasteiger partial charge < -0.3 is 15.2 Å². The van der Waals surface area contributed by atoms with E-state index < -0.39 is 6.10 Å². The standard InChI is InChI=1S/C18H19NO3/c1-3-11-8-13-10-16(20)19-17(13)15(9-11)18(21)12-4-6-14(22-2)7-5-12/h4-9,18,21H,3,10H2,1-2H3,(H,19,20). The minimum absolute atomic E-state index is 0.0218. The van der Waals surface area contributed by atoms with Crippen LogP contribution in [0.25, 0.3) is 0 Å². The SMILES string of the molecule is CCc1cc2c(c(C(O)c3ccc(OC)cc3)c1)NC(=O)C2. The fourth-order valence-electron chi connectivity index (χ4n) is 2.83. The maximum absolute atomic E-state index is 11.7. The molecule has 0 radical (unpaired) electrons. The van der Waals surface area contributed by atoms with Crippen molar-refractivity contribution in [1.29, 1.82) is 0 Å². The van der Waals surface area contributed by atoms with E-state index >= 15 is 0 Å². The molecule has 2 N–H and O–H groups in total. The molecule has 4 heteroatoms. The lowest BCUT2D eigenvalue weighted by molar-refractivity contribution is -0.115. The summed E-state index contributed by atoms with van der Waals surface area (Å²) in [6.45, 7) is 2.06. The summed E-state index contributed by atoms with van der Waals surface area (Å²) in [5.74, 6) is 0.725. The van der Waals surface area contributed by atoms with Crippen molar-refractivity contribution in [3.8, 4) is 5.75 Å². The lowest BCUT2D eigenvalue weighted by atomic mass is 9.94. The first-order valence-corrected chi connectivity index (χ1v) is 7.40. The Morgan fingerprint density at radius 3 is 2.64 bits per heavy atom. The number of aryl methyl sites for hydroxylation is 1. The number of hydrogen-bond acceptors (Lipinski definition) is 3. The van der Waals surface area contributed by atoms with Crippen LogP contribution in [0.5, 0.6) is 5.75 Å². The molecule has 1 aliphatic rings. The molecule has 1 atom stereocenters. The van der Waals surface area contributed by atoms with Gasteiger partial charge in [0.05, 0.1) is 19.2 Å². The normalized spacial score (nSPS) is 14.4. The second kappa shape index (κ2) is 5.81. The number of carbonyl (C=O) groups excluding carboxylic acids is 1. The molecule has 3 rings (SSSR count). The number of aliphatic hydroxyl groups excluding tert-OH is 1. The van der Waals surface area contributed by atoms with E-state index in [0.29, 0.717) is 6.42 Å². The number of rotatable bonds is 4. The molecule has 2 aromatic carbocycles. The summed E-state index contributed by atoms with van der Waals surface area (Å²) < 4.78 is 5.14. The topological polar surface area (TPSA) is 58.6 Å². The zero-order valence-electron chi connectivity index (χ0n) is 12.7. The van der Waals surface area contributed by atoms with Crippen molar-refractivity contribution in [2.45, 2.75) is 25.9 Å². The van der Waals surface area contributed by atoms with Crippen LogP contribution < -0.4 is 10.1 Å². The van der Waals surface area contributed by atoms with Gasteiger partial charge in [-0.1, -0.05) is 31.2 Å². The summed E-state index contributed by atoms with van der Waals surface area (Å²) in [6.07, 6.45) is 0.472. The lowest BCUT2D eigenvalue weighted by Crippen LogP contribution is -2.08. The van der Waals surface area contributed by atoms with Gasteiger partial charge in [0.15, 0.2) is 0 Å². The van der Waals surface area contributed by atoms with Crippen LogP contribution in [0.15, 0.2) is 36.4 Å². The maximum atomic E-state index is 11.7. The third kappa shape index (κ3) is 2.57. The number of carbonyl (C=O) groups is 1.